The third kappa shape index (κ3) is 13.1. The minimum absolute atomic E-state index is 0.470. The molecule has 5 nitrogen and oxygen atoms in total. The lowest BCUT2D eigenvalue weighted by molar-refractivity contribution is 0.678. The number of hydrogen-bond acceptors (Lipinski definition) is 5. The number of aromatic nitrogens is 1. The minimum atomic E-state index is 0.470. The summed E-state index contributed by atoms with van der Waals surface area (Å²) in [5.74, 6) is 2.30. The molecule has 1 aliphatic rings. The van der Waals surface area contributed by atoms with E-state index in [-0.39, 0.29) is 0 Å². The normalized spacial score (nSPS) is 14.2. The standard InChI is InChI=1S/C11H14N2.C8H11N3.C4H10.C3H6/c1-9(8-13-2)11-5-3-10(7-12)4-6-11;1-6-5-10-7-3-2-4-9-8(7)11-6;1-4(2)3;1-3-2/h3-6,9,13H,8H2,1-2H3;2-4,6,10H,5H2,1H3,(H,9,11);4H,1-3H3;3H,1H2,2H3. The molecule has 0 saturated heterocycles. The highest BCUT2D eigenvalue weighted by Gasteiger charge is 2.12. The van der Waals surface area contributed by atoms with Crippen molar-refractivity contribution in [1.82, 2.24) is 10.3 Å². The van der Waals surface area contributed by atoms with Gasteiger partial charge in [0.15, 0.2) is 0 Å². The first kappa shape index (κ1) is 28.2. The van der Waals surface area contributed by atoms with Crippen molar-refractivity contribution >= 4 is 11.5 Å². The third-order valence-corrected chi connectivity index (χ3v) is 3.91. The number of likely N-dealkylation sites (N-methyl/N-ethyl adjacent to an activating group) is 1. The Hall–Kier alpha value is -2.84. The smallest absolute Gasteiger partial charge is 0.149 e. The first-order valence-corrected chi connectivity index (χ1v) is 11.0. The largest absolute Gasteiger partial charge is 0.380 e. The second-order valence-electron chi connectivity index (χ2n) is 8.16. The van der Waals surface area contributed by atoms with Gasteiger partial charge in [0, 0.05) is 25.3 Å². The molecule has 3 rings (SSSR count). The average Bonchev–Trinajstić information content (AvgIpc) is 2.74. The van der Waals surface area contributed by atoms with Crippen molar-refractivity contribution in [2.24, 2.45) is 5.92 Å². The van der Waals surface area contributed by atoms with Crippen molar-refractivity contribution in [2.75, 3.05) is 30.8 Å². The SMILES string of the molecule is C=CC.CC(C)C.CC1CNc2cccnc2N1.CNCC(C)c1ccc(C#N)cc1. The number of pyridine rings is 1. The van der Waals surface area contributed by atoms with E-state index >= 15 is 0 Å². The van der Waals surface area contributed by atoms with Gasteiger partial charge in [0.1, 0.15) is 5.82 Å². The maximum atomic E-state index is 8.61. The molecule has 0 saturated carbocycles. The predicted molar refractivity (Wildman–Crippen MR) is 136 cm³/mol. The van der Waals surface area contributed by atoms with E-state index in [2.05, 4.69) is 68.2 Å². The van der Waals surface area contributed by atoms with E-state index in [0.717, 1.165) is 36.1 Å². The molecule has 0 radical (unpaired) electrons. The number of nitriles is 1. The monoisotopic (exact) mass is 423 g/mol. The van der Waals surface area contributed by atoms with Gasteiger partial charge in [0.25, 0.3) is 0 Å². The number of hydrogen-bond donors (Lipinski definition) is 3. The number of rotatable bonds is 3. The Bertz CT molecular complexity index is 759. The van der Waals surface area contributed by atoms with Gasteiger partial charge < -0.3 is 16.0 Å². The topological polar surface area (TPSA) is 72.8 Å². The Kier molecular flexibility index (Phi) is 15.4. The molecule has 0 amide bonds. The number of nitrogens with one attached hydrogen (secondary N) is 3. The van der Waals surface area contributed by atoms with E-state index in [1.165, 1.54) is 5.56 Å². The Morgan fingerprint density at radius 1 is 1.23 bits per heavy atom. The number of benzene rings is 1. The van der Waals surface area contributed by atoms with Crippen LogP contribution in [0.25, 0.3) is 0 Å². The Labute approximate surface area is 190 Å². The van der Waals surface area contributed by atoms with Gasteiger partial charge in [-0.1, -0.05) is 45.9 Å². The minimum Gasteiger partial charge on any atom is -0.380 e. The fourth-order valence-electron chi connectivity index (χ4n) is 2.52. The van der Waals surface area contributed by atoms with Crippen LogP contribution >= 0.6 is 0 Å². The molecule has 3 N–H and O–H groups in total. The van der Waals surface area contributed by atoms with Crippen molar-refractivity contribution < 1.29 is 0 Å². The molecule has 2 atom stereocenters. The van der Waals surface area contributed by atoms with Crippen molar-refractivity contribution in [3.05, 3.63) is 66.4 Å². The highest BCUT2D eigenvalue weighted by Crippen LogP contribution is 2.21. The number of allylic oxidation sites excluding steroid dienone is 1. The first-order chi connectivity index (χ1) is 14.8. The fourth-order valence-corrected chi connectivity index (χ4v) is 2.52. The maximum absolute atomic E-state index is 8.61. The molecule has 0 spiro atoms. The van der Waals surface area contributed by atoms with Crippen LogP contribution in [0.5, 0.6) is 0 Å². The highest BCUT2D eigenvalue weighted by molar-refractivity contribution is 5.66. The second kappa shape index (κ2) is 16.9. The van der Waals surface area contributed by atoms with Gasteiger partial charge in [-0.15, -0.1) is 6.58 Å². The van der Waals surface area contributed by atoms with E-state index < -0.39 is 0 Å². The van der Waals surface area contributed by atoms with E-state index in [0.29, 0.717) is 12.0 Å². The summed E-state index contributed by atoms with van der Waals surface area (Å²) in [5, 5.41) is 18.3. The van der Waals surface area contributed by atoms with Crippen LogP contribution in [0, 0.1) is 17.2 Å². The van der Waals surface area contributed by atoms with Gasteiger partial charge >= 0.3 is 0 Å². The lowest BCUT2D eigenvalue weighted by Gasteiger charge is -2.24. The van der Waals surface area contributed by atoms with E-state index in [9.17, 15) is 0 Å². The molecule has 1 aliphatic heterocycles. The molecule has 5 heteroatoms. The molecule has 1 aromatic carbocycles. The molecule has 31 heavy (non-hydrogen) atoms. The van der Waals surface area contributed by atoms with Crippen LogP contribution in [-0.2, 0) is 0 Å². The summed E-state index contributed by atoms with van der Waals surface area (Å²) in [5.41, 5.74) is 3.10. The molecular weight excluding hydrogens is 382 g/mol. The summed E-state index contributed by atoms with van der Waals surface area (Å²) in [6.45, 7) is 18.0. The van der Waals surface area contributed by atoms with Crippen molar-refractivity contribution in [3.8, 4) is 6.07 Å². The molecule has 0 aliphatic carbocycles. The van der Waals surface area contributed by atoms with Crippen molar-refractivity contribution in [1.29, 1.82) is 5.26 Å². The molecule has 0 fully saturated rings. The molecule has 2 heterocycles. The summed E-state index contributed by atoms with van der Waals surface area (Å²) < 4.78 is 0. The van der Waals surface area contributed by atoms with Crippen LogP contribution in [0.1, 0.15) is 58.6 Å². The van der Waals surface area contributed by atoms with Crippen LogP contribution in [0.3, 0.4) is 0 Å². The van der Waals surface area contributed by atoms with Crippen LogP contribution in [0.4, 0.5) is 11.5 Å². The van der Waals surface area contributed by atoms with Crippen LogP contribution in [0.2, 0.25) is 0 Å². The number of anilines is 2. The summed E-state index contributed by atoms with van der Waals surface area (Å²) in [7, 11) is 1.94. The quantitative estimate of drug-likeness (QED) is 0.525. The zero-order valence-corrected chi connectivity index (χ0v) is 20.4. The lowest BCUT2D eigenvalue weighted by atomic mass is 10.0. The molecule has 1 aromatic heterocycles. The van der Waals surface area contributed by atoms with Gasteiger partial charge in [-0.25, -0.2) is 4.98 Å². The van der Waals surface area contributed by atoms with Crippen LogP contribution < -0.4 is 16.0 Å². The highest BCUT2D eigenvalue weighted by atomic mass is 15.1. The summed E-state index contributed by atoms with van der Waals surface area (Å²) in [6.07, 6.45) is 3.55. The third-order valence-electron chi connectivity index (χ3n) is 3.91. The Morgan fingerprint density at radius 2 is 1.81 bits per heavy atom. The van der Waals surface area contributed by atoms with Gasteiger partial charge in [0.05, 0.1) is 17.3 Å². The average molecular weight is 424 g/mol. The van der Waals surface area contributed by atoms with Crippen molar-refractivity contribution in [3.63, 3.8) is 0 Å². The number of fused-ring (bicyclic) bond motifs is 1. The zero-order valence-electron chi connectivity index (χ0n) is 20.4. The molecule has 170 valence electrons. The maximum Gasteiger partial charge on any atom is 0.149 e. The van der Waals surface area contributed by atoms with E-state index in [1.807, 2.05) is 50.4 Å². The lowest BCUT2D eigenvalue weighted by Crippen LogP contribution is -2.30. The van der Waals surface area contributed by atoms with E-state index in [4.69, 9.17) is 5.26 Å². The summed E-state index contributed by atoms with van der Waals surface area (Å²) >= 11 is 0. The predicted octanol–water partition coefficient (Wildman–Crippen LogP) is 6.04. The first-order valence-electron chi connectivity index (χ1n) is 11.0. The molecule has 2 unspecified atom stereocenters. The molecular formula is C26H41N5. The van der Waals surface area contributed by atoms with Gasteiger partial charge in [0.2, 0.25) is 0 Å². The Morgan fingerprint density at radius 3 is 2.32 bits per heavy atom. The van der Waals surface area contributed by atoms with Gasteiger partial charge in [-0.05, 0) is 62.6 Å². The van der Waals surface area contributed by atoms with Gasteiger partial charge in [-0.3, -0.25) is 0 Å². The summed E-state index contributed by atoms with van der Waals surface area (Å²) in [6, 6.07) is 14.3. The van der Waals surface area contributed by atoms with Gasteiger partial charge in [-0.2, -0.15) is 5.26 Å². The summed E-state index contributed by atoms with van der Waals surface area (Å²) in [4.78, 5) is 4.20. The van der Waals surface area contributed by atoms with E-state index in [1.54, 1.807) is 12.3 Å². The second-order valence-corrected chi connectivity index (χ2v) is 8.16. The van der Waals surface area contributed by atoms with Crippen LogP contribution in [-0.4, -0.2) is 31.2 Å². The van der Waals surface area contributed by atoms with Crippen LogP contribution in [0.15, 0.2) is 55.3 Å². The molecule has 2 aromatic rings. The molecule has 0 bridgehead atoms. The Balaban J connectivity index is 0.000000451. The zero-order chi connectivity index (χ0) is 23.6. The van der Waals surface area contributed by atoms with Crippen molar-refractivity contribution in [2.45, 2.75) is 53.5 Å². The fraction of sp³-hybridized carbons (Fsp3) is 0.462. The number of nitrogens with zero attached hydrogens (tertiary/aromatic N) is 2.